The van der Waals surface area contributed by atoms with Crippen molar-refractivity contribution in [3.63, 3.8) is 0 Å². The Kier molecular flexibility index (Phi) is 11.2. The quantitative estimate of drug-likeness (QED) is 0.122. The minimum absolute atomic E-state index is 0. The molecule has 0 aliphatic heterocycles. The molecule has 4 aromatic carbocycles. The van der Waals surface area contributed by atoms with E-state index >= 15 is 0 Å². The van der Waals surface area contributed by atoms with Crippen LogP contribution in [0, 0.1) is 39.8 Å². The number of pyridine rings is 1. The first-order valence-corrected chi connectivity index (χ1v) is 18.5. The van der Waals surface area contributed by atoms with E-state index in [0.717, 1.165) is 71.1 Å². The minimum atomic E-state index is 0. The smallest absolute Gasteiger partial charge is 0.509 e. The number of hydrogen-bond donors (Lipinski definition) is 0. The predicted molar refractivity (Wildman–Crippen MR) is 211 cm³/mol. The molecule has 0 fully saturated rings. The molecular formula is C46H48N4OPt. The van der Waals surface area contributed by atoms with Gasteiger partial charge in [0, 0.05) is 34.5 Å². The second-order valence-corrected chi connectivity index (χ2v) is 14.3. The van der Waals surface area contributed by atoms with Crippen LogP contribution in [0.1, 0.15) is 92.1 Å². The van der Waals surface area contributed by atoms with Crippen molar-refractivity contribution in [2.24, 2.45) is 0 Å². The largest absolute Gasteiger partial charge is 2.00 e. The number of benzene rings is 4. The molecular weight excluding hydrogens is 820 g/mol. The second-order valence-electron chi connectivity index (χ2n) is 14.3. The average molecular weight is 868 g/mol. The number of unbranched alkanes of at least 4 members (excludes halogenated alkanes) is 1. The van der Waals surface area contributed by atoms with E-state index < -0.39 is 0 Å². The number of ether oxygens (including phenoxy) is 1. The van der Waals surface area contributed by atoms with E-state index in [4.69, 9.17) is 14.8 Å². The molecule has 3 heterocycles. The Morgan fingerprint density at radius 2 is 1.54 bits per heavy atom. The monoisotopic (exact) mass is 867 g/mol. The zero-order chi connectivity index (χ0) is 35.8. The third-order valence-corrected chi connectivity index (χ3v) is 9.95. The standard InChI is InChI=1S/C46H48N4O.Pt/c1-9-11-16-42-46(45-31(6)22-30(5)23-32(45)7)33(8)48-50(42)36-25-35(29(3)4)26-38(27-36)51-37-18-19-40-39-15-12-13-17-41(39)49(43(40)28-37)44-24-34(14-10-2)20-21-47-44;/h12-13,15,17-26,29H,9-11,14,16H2,1-8H3;/q-2;+2. The summed E-state index contributed by atoms with van der Waals surface area (Å²) in [5.74, 6) is 2.46. The molecule has 7 aromatic rings. The Bertz CT molecular complexity index is 2360. The molecule has 0 unspecified atom stereocenters. The Labute approximate surface area is 323 Å². The van der Waals surface area contributed by atoms with Gasteiger partial charge in [-0.1, -0.05) is 81.9 Å². The topological polar surface area (TPSA) is 44.9 Å². The number of rotatable bonds is 11. The molecule has 0 aliphatic carbocycles. The molecule has 3 aromatic heterocycles. The van der Waals surface area contributed by atoms with E-state index in [2.05, 4.69) is 144 Å². The molecule has 0 saturated carbocycles. The van der Waals surface area contributed by atoms with Gasteiger partial charge in [0.2, 0.25) is 0 Å². The normalized spacial score (nSPS) is 11.5. The molecule has 0 atom stereocenters. The van der Waals surface area contributed by atoms with Crippen LogP contribution in [0.25, 0.3) is 44.4 Å². The van der Waals surface area contributed by atoms with Crippen LogP contribution in [0.2, 0.25) is 0 Å². The number of nitrogens with zero attached hydrogens (tertiary/aromatic N) is 4. The fourth-order valence-corrected chi connectivity index (χ4v) is 7.62. The second kappa shape index (κ2) is 15.6. The summed E-state index contributed by atoms with van der Waals surface area (Å²) in [6.45, 7) is 17.6. The third kappa shape index (κ3) is 7.13. The van der Waals surface area contributed by atoms with Gasteiger partial charge in [0.1, 0.15) is 5.82 Å². The fourth-order valence-electron chi connectivity index (χ4n) is 7.62. The van der Waals surface area contributed by atoms with Crippen molar-refractivity contribution in [2.75, 3.05) is 0 Å². The molecule has 0 bridgehead atoms. The summed E-state index contributed by atoms with van der Waals surface area (Å²) < 4.78 is 11.0. The molecule has 0 spiro atoms. The van der Waals surface area contributed by atoms with Gasteiger partial charge in [-0.25, -0.2) is 4.98 Å². The first-order chi connectivity index (χ1) is 24.7. The molecule has 0 radical (unpaired) electrons. The average Bonchev–Trinajstić information content (AvgIpc) is 3.60. The Morgan fingerprint density at radius 1 is 0.769 bits per heavy atom. The summed E-state index contributed by atoms with van der Waals surface area (Å²) in [6.07, 6.45) is 7.11. The van der Waals surface area contributed by atoms with Crippen LogP contribution in [-0.2, 0) is 33.9 Å². The molecule has 7 rings (SSSR count). The van der Waals surface area contributed by atoms with Gasteiger partial charge in [-0.15, -0.1) is 41.3 Å². The molecule has 0 aliphatic rings. The number of aromatic nitrogens is 4. The van der Waals surface area contributed by atoms with Gasteiger partial charge in [0.15, 0.2) is 0 Å². The Hall–Kier alpha value is -4.47. The van der Waals surface area contributed by atoms with Crippen molar-refractivity contribution in [1.29, 1.82) is 0 Å². The van der Waals surface area contributed by atoms with Crippen molar-refractivity contribution in [3.05, 3.63) is 130 Å². The van der Waals surface area contributed by atoms with Gasteiger partial charge >= 0.3 is 21.1 Å². The molecule has 5 nitrogen and oxygen atoms in total. The molecule has 0 N–H and O–H groups in total. The van der Waals surface area contributed by atoms with Crippen LogP contribution in [0.5, 0.6) is 11.5 Å². The van der Waals surface area contributed by atoms with E-state index in [-0.39, 0.29) is 27.0 Å². The zero-order valence-corrected chi connectivity index (χ0v) is 33.9. The van der Waals surface area contributed by atoms with E-state index in [1.54, 1.807) is 0 Å². The number of para-hydroxylation sites is 1. The number of fused-ring (bicyclic) bond motifs is 3. The minimum Gasteiger partial charge on any atom is -0.509 e. The van der Waals surface area contributed by atoms with E-state index in [1.807, 2.05) is 12.3 Å². The van der Waals surface area contributed by atoms with Crippen molar-refractivity contribution < 1.29 is 25.8 Å². The first-order valence-electron chi connectivity index (χ1n) is 18.5. The summed E-state index contributed by atoms with van der Waals surface area (Å²) in [5, 5.41) is 7.48. The van der Waals surface area contributed by atoms with Gasteiger partial charge in [-0.05, 0) is 104 Å². The molecule has 6 heteroatoms. The van der Waals surface area contributed by atoms with Crippen molar-refractivity contribution >= 4 is 21.8 Å². The van der Waals surface area contributed by atoms with Crippen LogP contribution >= 0.6 is 0 Å². The summed E-state index contributed by atoms with van der Waals surface area (Å²) in [7, 11) is 0. The summed E-state index contributed by atoms with van der Waals surface area (Å²) in [6, 6.07) is 33.1. The van der Waals surface area contributed by atoms with Crippen LogP contribution < -0.4 is 4.74 Å². The predicted octanol–water partition coefficient (Wildman–Crippen LogP) is 12.1. The fraction of sp³-hybridized carbons (Fsp3) is 0.304. The first kappa shape index (κ1) is 37.3. The van der Waals surface area contributed by atoms with Crippen LogP contribution in [0.3, 0.4) is 0 Å². The van der Waals surface area contributed by atoms with Crippen molar-refractivity contribution in [3.8, 4) is 34.1 Å². The zero-order valence-electron chi connectivity index (χ0n) is 31.6. The maximum absolute atomic E-state index is 6.70. The Morgan fingerprint density at radius 3 is 2.27 bits per heavy atom. The van der Waals surface area contributed by atoms with E-state index in [9.17, 15) is 0 Å². The van der Waals surface area contributed by atoms with Gasteiger partial charge in [-0.2, -0.15) is 11.2 Å². The maximum atomic E-state index is 6.70. The van der Waals surface area contributed by atoms with Crippen LogP contribution in [-0.4, -0.2) is 19.3 Å². The van der Waals surface area contributed by atoms with Crippen LogP contribution in [0.4, 0.5) is 0 Å². The number of hydrogen-bond acceptors (Lipinski definition) is 3. The van der Waals surface area contributed by atoms with Gasteiger partial charge in [-0.3, -0.25) is 4.68 Å². The third-order valence-electron chi connectivity index (χ3n) is 9.95. The van der Waals surface area contributed by atoms with Crippen molar-refractivity contribution in [1.82, 2.24) is 19.3 Å². The van der Waals surface area contributed by atoms with E-state index in [1.165, 1.54) is 44.6 Å². The van der Waals surface area contributed by atoms with Crippen LogP contribution in [0.15, 0.2) is 79.0 Å². The SMILES string of the molecule is CCCCc1c(-c2c(C)cc(C)cc2C)c(C)nn1-c1[c-]c(Oc2[c-]c3c(cc2)c2ccccc2n3-c2cc(CCC)ccn2)cc(C(C)C)c1.[Pt+2]. The number of aryl methyl sites for hydroxylation is 5. The van der Waals surface area contributed by atoms with Gasteiger partial charge in [0.05, 0.1) is 5.69 Å². The molecule has 0 amide bonds. The summed E-state index contributed by atoms with van der Waals surface area (Å²) in [4.78, 5) is 4.82. The Balaban J connectivity index is 0.00000464. The van der Waals surface area contributed by atoms with Crippen molar-refractivity contribution in [2.45, 2.75) is 93.4 Å². The maximum Gasteiger partial charge on any atom is 2.00 e. The molecule has 52 heavy (non-hydrogen) atoms. The molecule has 0 saturated heterocycles. The molecule has 268 valence electrons. The van der Waals surface area contributed by atoms with E-state index in [0.29, 0.717) is 11.5 Å². The summed E-state index contributed by atoms with van der Waals surface area (Å²) >= 11 is 0. The summed E-state index contributed by atoms with van der Waals surface area (Å²) in [5.41, 5.74) is 14.0. The van der Waals surface area contributed by atoms with Gasteiger partial charge in [0.25, 0.3) is 0 Å². The van der Waals surface area contributed by atoms with Gasteiger partial charge < -0.3 is 9.30 Å².